The van der Waals surface area contributed by atoms with Gasteiger partial charge in [-0.05, 0) is 31.7 Å². The van der Waals surface area contributed by atoms with Crippen LogP contribution < -0.4 is 5.32 Å². The Morgan fingerprint density at radius 1 is 1.37 bits per heavy atom. The van der Waals surface area contributed by atoms with Crippen LogP contribution in [0.15, 0.2) is 0 Å². The Balaban J connectivity index is 2.09. The Kier molecular flexibility index (Phi) is 5.79. The van der Waals surface area contributed by atoms with E-state index >= 15 is 0 Å². The van der Waals surface area contributed by atoms with Crippen LogP contribution >= 0.6 is 11.3 Å². The Morgan fingerprint density at radius 3 is 2.74 bits per heavy atom. The van der Waals surface area contributed by atoms with Gasteiger partial charge >= 0.3 is 0 Å². The van der Waals surface area contributed by atoms with Crippen molar-refractivity contribution in [2.75, 3.05) is 19.8 Å². The van der Waals surface area contributed by atoms with Crippen LogP contribution in [-0.2, 0) is 11.3 Å². The third kappa shape index (κ3) is 4.01. The second-order valence-corrected chi connectivity index (χ2v) is 6.69. The number of hydrogen-bond donors (Lipinski definition) is 1. The van der Waals surface area contributed by atoms with E-state index in [0.29, 0.717) is 11.8 Å². The summed E-state index contributed by atoms with van der Waals surface area (Å²) >= 11 is 1.92. The molecule has 1 aliphatic heterocycles. The number of nitrogens with one attached hydrogen (secondary N) is 1. The molecule has 108 valence electrons. The van der Waals surface area contributed by atoms with E-state index in [2.05, 4.69) is 26.1 Å². The summed E-state index contributed by atoms with van der Waals surface area (Å²) in [4.78, 5) is 6.37. The van der Waals surface area contributed by atoms with E-state index in [-0.39, 0.29) is 0 Å². The predicted molar refractivity (Wildman–Crippen MR) is 81.0 cm³/mol. The van der Waals surface area contributed by atoms with Gasteiger partial charge in [-0.3, -0.25) is 0 Å². The minimum Gasteiger partial charge on any atom is -0.381 e. The number of aromatic nitrogens is 1. The van der Waals surface area contributed by atoms with Crippen molar-refractivity contribution < 1.29 is 4.74 Å². The molecule has 1 aliphatic rings. The molecule has 0 spiro atoms. The number of rotatable bonds is 6. The van der Waals surface area contributed by atoms with Gasteiger partial charge < -0.3 is 10.1 Å². The van der Waals surface area contributed by atoms with E-state index in [1.54, 1.807) is 0 Å². The van der Waals surface area contributed by atoms with Crippen molar-refractivity contribution in [1.82, 2.24) is 10.3 Å². The Bertz CT molecular complexity index is 383. The van der Waals surface area contributed by atoms with Gasteiger partial charge in [-0.1, -0.05) is 20.8 Å². The molecular weight excluding hydrogens is 256 g/mol. The highest BCUT2D eigenvalue weighted by atomic mass is 32.1. The fourth-order valence-electron chi connectivity index (χ4n) is 2.46. The standard InChI is InChI=1S/C15H26N2OS/c1-4-7-16-10-13-14(11(2)3)17-15(19-13)12-5-8-18-9-6-12/h11-12,16H,4-10H2,1-3H3. The van der Waals surface area contributed by atoms with Gasteiger partial charge in [-0.2, -0.15) is 0 Å². The maximum atomic E-state index is 5.45. The van der Waals surface area contributed by atoms with Crippen molar-refractivity contribution in [3.8, 4) is 0 Å². The maximum absolute atomic E-state index is 5.45. The van der Waals surface area contributed by atoms with Gasteiger partial charge in [0.2, 0.25) is 0 Å². The molecule has 1 aromatic heterocycles. The van der Waals surface area contributed by atoms with Crippen molar-refractivity contribution >= 4 is 11.3 Å². The molecule has 0 saturated carbocycles. The average molecular weight is 282 g/mol. The summed E-state index contributed by atoms with van der Waals surface area (Å²) in [7, 11) is 0. The molecule has 3 nitrogen and oxygen atoms in total. The zero-order valence-corrected chi connectivity index (χ0v) is 13.2. The number of ether oxygens (including phenoxy) is 1. The van der Waals surface area contributed by atoms with Gasteiger partial charge in [0, 0.05) is 30.6 Å². The van der Waals surface area contributed by atoms with Crippen LogP contribution in [0.5, 0.6) is 0 Å². The third-order valence-corrected chi connectivity index (χ3v) is 4.81. The summed E-state index contributed by atoms with van der Waals surface area (Å²) in [6, 6.07) is 0. The molecule has 1 N–H and O–H groups in total. The van der Waals surface area contributed by atoms with Gasteiger partial charge in [-0.15, -0.1) is 11.3 Å². The molecule has 0 amide bonds. The van der Waals surface area contributed by atoms with Gasteiger partial charge in [0.25, 0.3) is 0 Å². The molecule has 19 heavy (non-hydrogen) atoms. The third-order valence-electron chi connectivity index (χ3n) is 3.57. The largest absolute Gasteiger partial charge is 0.381 e. The van der Waals surface area contributed by atoms with Crippen molar-refractivity contribution in [1.29, 1.82) is 0 Å². The molecule has 0 bridgehead atoms. The lowest BCUT2D eigenvalue weighted by atomic mass is 10.0. The topological polar surface area (TPSA) is 34.1 Å². The van der Waals surface area contributed by atoms with Crippen LogP contribution in [-0.4, -0.2) is 24.7 Å². The molecule has 4 heteroatoms. The zero-order valence-electron chi connectivity index (χ0n) is 12.4. The van der Waals surface area contributed by atoms with E-state index in [4.69, 9.17) is 9.72 Å². The summed E-state index contributed by atoms with van der Waals surface area (Å²) in [5.41, 5.74) is 1.30. The molecule has 1 aromatic rings. The van der Waals surface area contributed by atoms with E-state index in [0.717, 1.165) is 39.1 Å². The number of nitrogens with zero attached hydrogens (tertiary/aromatic N) is 1. The summed E-state index contributed by atoms with van der Waals surface area (Å²) < 4.78 is 5.45. The minimum absolute atomic E-state index is 0.517. The molecule has 1 fully saturated rings. The highest BCUT2D eigenvalue weighted by Gasteiger charge is 2.22. The van der Waals surface area contributed by atoms with Crippen molar-refractivity contribution in [3.63, 3.8) is 0 Å². The minimum atomic E-state index is 0.517. The van der Waals surface area contributed by atoms with E-state index < -0.39 is 0 Å². The van der Waals surface area contributed by atoms with Crippen LogP contribution in [0.1, 0.15) is 67.4 Å². The van der Waals surface area contributed by atoms with Gasteiger partial charge in [0.15, 0.2) is 0 Å². The lowest BCUT2D eigenvalue weighted by molar-refractivity contribution is 0.0852. The molecule has 0 aromatic carbocycles. The van der Waals surface area contributed by atoms with Crippen molar-refractivity contribution in [3.05, 3.63) is 15.6 Å². The molecular formula is C15H26N2OS. The first-order valence-corrected chi connectivity index (χ1v) is 8.32. The lowest BCUT2D eigenvalue weighted by Crippen LogP contribution is -2.14. The van der Waals surface area contributed by atoms with Gasteiger partial charge in [0.1, 0.15) is 0 Å². The summed E-state index contributed by atoms with van der Waals surface area (Å²) in [5.74, 6) is 1.14. The van der Waals surface area contributed by atoms with Crippen LogP contribution in [0.4, 0.5) is 0 Å². The Morgan fingerprint density at radius 2 is 2.11 bits per heavy atom. The summed E-state index contributed by atoms with van der Waals surface area (Å²) in [6.07, 6.45) is 3.45. The number of thiazole rings is 1. The Labute approximate surface area is 120 Å². The molecule has 1 saturated heterocycles. The molecule has 2 rings (SSSR count). The first-order valence-electron chi connectivity index (χ1n) is 7.50. The molecule has 0 aliphatic carbocycles. The predicted octanol–water partition coefficient (Wildman–Crippen LogP) is 3.66. The van der Waals surface area contributed by atoms with Gasteiger partial charge in [0.05, 0.1) is 10.7 Å². The Hall–Kier alpha value is -0.450. The van der Waals surface area contributed by atoms with Crippen molar-refractivity contribution in [2.45, 2.75) is 58.4 Å². The molecule has 0 atom stereocenters. The normalized spacial score (nSPS) is 17.3. The highest BCUT2D eigenvalue weighted by Crippen LogP contribution is 2.34. The molecule has 2 heterocycles. The van der Waals surface area contributed by atoms with Crippen LogP contribution in [0, 0.1) is 0 Å². The first-order chi connectivity index (χ1) is 9.22. The first kappa shape index (κ1) is 14.9. The van der Waals surface area contributed by atoms with E-state index in [1.807, 2.05) is 11.3 Å². The van der Waals surface area contributed by atoms with Crippen LogP contribution in [0.2, 0.25) is 0 Å². The lowest BCUT2D eigenvalue weighted by Gasteiger charge is -2.19. The van der Waals surface area contributed by atoms with Gasteiger partial charge in [-0.25, -0.2) is 4.98 Å². The number of hydrogen-bond acceptors (Lipinski definition) is 4. The second kappa shape index (κ2) is 7.36. The van der Waals surface area contributed by atoms with Crippen LogP contribution in [0.25, 0.3) is 0 Å². The molecule has 0 radical (unpaired) electrons. The smallest absolute Gasteiger partial charge is 0.0964 e. The van der Waals surface area contributed by atoms with Crippen molar-refractivity contribution in [2.24, 2.45) is 0 Å². The summed E-state index contributed by atoms with van der Waals surface area (Å²) in [6.45, 7) is 10.5. The second-order valence-electron chi connectivity index (χ2n) is 5.58. The van der Waals surface area contributed by atoms with E-state index in [1.165, 1.54) is 22.0 Å². The monoisotopic (exact) mass is 282 g/mol. The zero-order chi connectivity index (χ0) is 13.7. The quantitative estimate of drug-likeness (QED) is 0.809. The average Bonchev–Trinajstić information content (AvgIpc) is 2.84. The highest BCUT2D eigenvalue weighted by molar-refractivity contribution is 7.11. The van der Waals surface area contributed by atoms with Crippen LogP contribution in [0.3, 0.4) is 0 Å². The fraction of sp³-hybridized carbons (Fsp3) is 0.800. The van der Waals surface area contributed by atoms with E-state index in [9.17, 15) is 0 Å². The fourth-order valence-corrected chi connectivity index (χ4v) is 3.82. The maximum Gasteiger partial charge on any atom is 0.0964 e. The summed E-state index contributed by atoms with van der Waals surface area (Å²) in [5, 5.41) is 4.84. The molecule has 0 unspecified atom stereocenters. The SMILES string of the molecule is CCCNCc1sc(C2CCOCC2)nc1C(C)C.